The van der Waals surface area contributed by atoms with Gasteiger partial charge in [0.15, 0.2) is 0 Å². The quantitative estimate of drug-likeness (QED) is 0.810. The van der Waals surface area contributed by atoms with Gasteiger partial charge in [0.2, 0.25) is 0 Å². The van der Waals surface area contributed by atoms with E-state index in [1.54, 1.807) is 6.20 Å². The maximum Gasteiger partial charge on any atom is 0.128 e. The molecule has 0 aliphatic carbocycles. The van der Waals surface area contributed by atoms with Gasteiger partial charge in [0.05, 0.1) is 12.1 Å². The number of nitrogens with two attached hydrogens (primary N) is 1. The Kier molecular flexibility index (Phi) is 3.41. The van der Waals surface area contributed by atoms with Gasteiger partial charge in [-0.15, -0.1) is 0 Å². The summed E-state index contributed by atoms with van der Waals surface area (Å²) >= 11 is 0. The van der Waals surface area contributed by atoms with Crippen molar-refractivity contribution in [1.82, 2.24) is 10.3 Å². The van der Waals surface area contributed by atoms with E-state index in [9.17, 15) is 0 Å². The number of likely N-dealkylation sites (N-methyl/N-ethyl adjacent to an activating group) is 1. The second-order valence-corrected chi connectivity index (χ2v) is 4.30. The van der Waals surface area contributed by atoms with E-state index >= 15 is 0 Å². The lowest BCUT2D eigenvalue weighted by Crippen LogP contribution is -2.30. The molecule has 3 N–H and O–H groups in total. The van der Waals surface area contributed by atoms with Crippen LogP contribution in [0.2, 0.25) is 0 Å². The highest BCUT2D eigenvalue weighted by Crippen LogP contribution is 2.29. The molecule has 4 heteroatoms. The number of nitrogens with one attached hydrogen (secondary N) is 1. The highest BCUT2D eigenvalue weighted by atomic mass is 16.5. The molecule has 2 rings (SSSR count). The molecule has 0 aromatic carbocycles. The molecular weight excluding hydrogens is 202 g/mol. The summed E-state index contributed by atoms with van der Waals surface area (Å²) in [5.74, 6) is 0.598. The summed E-state index contributed by atoms with van der Waals surface area (Å²) in [6.45, 7) is 2.88. The van der Waals surface area contributed by atoms with Crippen LogP contribution in [0.5, 0.6) is 0 Å². The predicted octanol–water partition coefficient (Wildman–Crippen LogP) is 1.41. The third kappa shape index (κ3) is 2.18. The monoisotopic (exact) mass is 221 g/mol. The van der Waals surface area contributed by atoms with E-state index in [0.717, 1.165) is 30.6 Å². The summed E-state index contributed by atoms with van der Waals surface area (Å²) in [7, 11) is 1.94. The number of ether oxygens (including phenoxy) is 1. The summed E-state index contributed by atoms with van der Waals surface area (Å²) in [5.41, 5.74) is 8.10. The van der Waals surface area contributed by atoms with Crippen LogP contribution in [0.4, 0.5) is 5.82 Å². The molecule has 0 radical (unpaired) electrons. The summed E-state index contributed by atoms with van der Waals surface area (Å²) in [6, 6.07) is 2.24. The van der Waals surface area contributed by atoms with E-state index < -0.39 is 0 Å². The molecule has 0 bridgehead atoms. The standard InChI is InChI=1S/C12H19N3O/c1-8-6-9(12(13)15-7-8)11(14-2)10-4-3-5-16-10/h6-7,10-11,14H,3-5H2,1-2H3,(H2,13,15). The Bertz CT molecular complexity index is 361. The fourth-order valence-corrected chi connectivity index (χ4v) is 2.26. The van der Waals surface area contributed by atoms with Crippen LogP contribution >= 0.6 is 0 Å². The highest BCUT2D eigenvalue weighted by molar-refractivity contribution is 5.43. The molecule has 1 saturated heterocycles. The lowest BCUT2D eigenvalue weighted by atomic mass is 9.99. The van der Waals surface area contributed by atoms with E-state index in [1.807, 2.05) is 14.0 Å². The largest absolute Gasteiger partial charge is 0.383 e. The molecule has 2 heterocycles. The van der Waals surface area contributed by atoms with Crippen LogP contribution in [0.15, 0.2) is 12.3 Å². The molecule has 1 aliphatic heterocycles. The minimum absolute atomic E-state index is 0.148. The fraction of sp³-hybridized carbons (Fsp3) is 0.583. The Morgan fingerprint density at radius 3 is 3.06 bits per heavy atom. The van der Waals surface area contributed by atoms with E-state index in [0.29, 0.717) is 5.82 Å². The van der Waals surface area contributed by atoms with E-state index in [4.69, 9.17) is 10.5 Å². The number of rotatable bonds is 3. The van der Waals surface area contributed by atoms with Gasteiger partial charge in [-0.05, 0) is 38.4 Å². The Hall–Kier alpha value is -1.13. The summed E-state index contributed by atoms with van der Waals surface area (Å²) in [4.78, 5) is 4.20. The second kappa shape index (κ2) is 4.80. The van der Waals surface area contributed by atoms with Crippen LogP contribution in [0.3, 0.4) is 0 Å². The topological polar surface area (TPSA) is 60.2 Å². The first-order valence-corrected chi connectivity index (χ1v) is 5.73. The van der Waals surface area contributed by atoms with Crippen molar-refractivity contribution in [2.75, 3.05) is 19.4 Å². The SMILES string of the molecule is CNC(c1cc(C)cnc1N)C1CCCO1. The van der Waals surface area contributed by atoms with Gasteiger partial charge >= 0.3 is 0 Å². The van der Waals surface area contributed by atoms with Crippen molar-refractivity contribution >= 4 is 5.82 Å². The van der Waals surface area contributed by atoms with Crippen LogP contribution < -0.4 is 11.1 Å². The van der Waals surface area contributed by atoms with E-state index in [-0.39, 0.29) is 12.1 Å². The minimum atomic E-state index is 0.148. The molecular formula is C12H19N3O. The van der Waals surface area contributed by atoms with Crippen molar-refractivity contribution < 1.29 is 4.74 Å². The van der Waals surface area contributed by atoms with Crippen molar-refractivity contribution in [3.8, 4) is 0 Å². The Morgan fingerprint density at radius 2 is 2.44 bits per heavy atom. The number of aromatic nitrogens is 1. The van der Waals surface area contributed by atoms with Crippen molar-refractivity contribution in [3.63, 3.8) is 0 Å². The molecule has 1 aromatic heterocycles. The number of hydrogen-bond acceptors (Lipinski definition) is 4. The van der Waals surface area contributed by atoms with Crippen molar-refractivity contribution in [3.05, 3.63) is 23.4 Å². The van der Waals surface area contributed by atoms with Gasteiger partial charge in [-0.1, -0.05) is 0 Å². The number of hydrogen-bond donors (Lipinski definition) is 2. The predicted molar refractivity (Wildman–Crippen MR) is 64.2 cm³/mol. The number of pyridine rings is 1. The van der Waals surface area contributed by atoms with Crippen molar-refractivity contribution in [2.45, 2.75) is 31.9 Å². The van der Waals surface area contributed by atoms with Gasteiger partial charge in [-0.3, -0.25) is 0 Å². The fourth-order valence-electron chi connectivity index (χ4n) is 2.26. The van der Waals surface area contributed by atoms with Gasteiger partial charge in [-0.25, -0.2) is 4.98 Å². The molecule has 0 spiro atoms. The molecule has 16 heavy (non-hydrogen) atoms. The molecule has 2 unspecified atom stereocenters. The second-order valence-electron chi connectivity index (χ2n) is 4.30. The average molecular weight is 221 g/mol. The first-order valence-electron chi connectivity index (χ1n) is 5.73. The van der Waals surface area contributed by atoms with Crippen molar-refractivity contribution in [1.29, 1.82) is 0 Å². The zero-order valence-corrected chi connectivity index (χ0v) is 9.86. The zero-order valence-electron chi connectivity index (χ0n) is 9.86. The molecule has 1 aliphatic rings. The van der Waals surface area contributed by atoms with Crippen LogP contribution in [0, 0.1) is 6.92 Å². The third-order valence-corrected chi connectivity index (χ3v) is 3.07. The van der Waals surface area contributed by atoms with Crippen LogP contribution in [0.1, 0.15) is 30.0 Å². The molecule has 1 fully saturated rings. The van der Waals surface area contributed by atoms with E-state index in [2.05, 4.69) is 16.4 Å². The average Bonchev–Trinajstić information content (AvgIpc) is 2.78. The Labute approximate surface area is 96.2 Å². The van der Waals surface area contributed by atoms with Crippen molar-refractivity contribution in [2.24, 2.45) is 0 Å². The maximum absolute atomic E-state index is 5.93. The van der Waals surface area contributed by atoms with Gasteiger partial charge in [0.25, 0.3) is 0 Å². The van der Waals surface area contributed by atoms with Crippen LogP contribution in [-0.2, 0) is 4.74 Å². The van der Waals surface area contributed by atoms with Gasteiger partial charge < -0.3 is 15.8 Å². The molecule has 4 nitrogen and oxygen atoms in total. The highest BCUT2D eigenvalue weighted by Gasteiger charge is 2.27. The summed E-state index contributed by atoms with van der Waals surface area (Å²) < 4.78 is 5.71. The maximum atomic E-state index is 5.93. The zero-order chi connectivity index (χ0) is 11.5. The first-order chi connectivity index (χ1) is 7.72. The molecule has 0 amide bonds. The van der Waals surface area contributed by atoms with E-state index in [1.165, 1.54) is 0 Å². The Morgan fingerprint density at radius 1 is 1.62 bits per heavy atom. The normalized spacial score (nSPS) is 22.2. The van der Waals surface area contributed by atoms with Gasteiger partial charge in [-0.2, -0.15) is 0 Å². The van der Waals surface area contributed by atoms with Gasteiger partial charge in [0, 0.05) is 18.4 Å². The molecule has 2 atom stereocenters. The number of aryl methyl sites for hydroxylation is 1. The van der Waals surface area contributed by atoms with Crippen LogP contribution in [-0.4, -0.2) is 24.7 Å². The molecule has 88 valence electrons. The summed E-state index contributed by atoms with van der Waals surface area (Å²) in [5, 5.41) is 3.28. The number of anilines is 1. The molecule has 0 saturated carbocycles. The molecule has 1 aromatic rings. The smallest absolute Gasteiger partial charge is 0.128 e. The minimum Gasteiger partial charge on any atom is -0.383 e. The number of nitrogens with zero attached hydrogens (tertiary/aromatic N) is 1. The number of nitrogen functional groups attached to an aromatic ring is 1. The van der Waals surface area contributed by atoms with Gasteiger partial charge in [0.1, 0.15) is 5.82 Å². The van der Waals surface area contributed by atoms with Crippen LogP contribution in [0.25, 0.3) is 0 Å². The lowest BCUT2D eigenvalue weighted by molar-refractivity contribution is 0.0809. The summed E-state index contributed by atoms with van der Waals surface area (Å²) in [6.07, 6.45) is 4.22. The Balaban J connectivity index is 2.28. The third-order valence-electron chi connectivity index (χ3n) is 3.07. The first kappa shape index (κ1) is 11.4. The lowest BCUT2D eigenvalue weighted by Gasteiger charge is -2.24.